The van der Waals surface area contributed by atoms with E-state index in [1.54, 1.807) is 0 Å². The van der Waals surface area contributed by atoms with Crippen LogP contribution in [-0.4, -0.2) is 46.2 Å². The van der Waals surface area contributed by atoms with Gasteiger partial charge in [-0.1, -0.05) is 23.9 Å². The normalized spacial score (nSPS) is 14.5. The van der Waals surface area contributed by atoms with Crippen LogP contribution >= 0.6 is 11.8 Å². The summed E-state index contributed by atoms with van der Waals surface area (Å²) >= 11 is 1.40. The van der Waals surface area contributed by atoms with E-state index in [1.165, 1.54) is 48.9 Å². The molecule has 2 aromatic rings. The second-order valence-electron chi connectivity index (χ2n) is 5.96. The van der Waals surface area contributed by atoms with E-state index in [-0.39, 0.29) is 17.1 Å². The molecule has 0 saturated carbocycles. The Morgan fingerprint density at radius 2 is 2.08 bits per heavy atom. The Morgan fingerprint density at radius 3 is 2.77 bits per heavy atom. The van der Waals surface area contributed by atoms with Gasteiger partial charge in [0.25, 0.3) is 11.5 Å². The first kappa shape index (κ1) is 18.4. The number of aromatic amines is 1. The van der Waals surface area contributed by atoms with Crippen molar-refractivity contribution < 1.29 is 9.18 Å². The number of hydrogen-bond acceptors (Lipinski definition) is 6. The number of nitrogen functional groups attached to an aromatic ring is 1. The lowest BCUT2D eigenvalue weighted by atomic mass is 10.2. The minimum Gasteiger partial charge on any atom is -0.382 e. The van der Waals surface area contributed by atoms with Gasteiger partial charge in [-0.15, -0.1) is 0 Å². The zero-order valence-electron chi connectivity index (χ0n) is 14.1. The van der Waals surface area contributed by atoms with Crippen molar-refractivity contribution in [2.24, 2.45) is 0 Å². The predicted molar refractivity (Wildman–Crippen MR) is 100 cm³/mol. The van der Waals surface area contributed by atoms with Crippen LogP contribution in [0.1, 0.15) is 23.2 Å². The van der Waals surface area contributed by atoms with Gasteiger partial charge in [0, 0.05) is 12.3 Å². The summed E-state index contributed by atoms with van der Waals surface area (Å²) in [5.41, 5.74) is 4.90. The molecular formula is C17H20FN5O2S. The largest absolute Gasteiger partial charge is 0.382 e. The van der Waals surface area contributed by atoms with Crippen LogP contribution in [0, 0.1) is 5.82 Å². The molecule has 1 fully saturated rings. The molecule has 138 valence electrons. The smallest absolute Gasteiger partial charge is 0.277 e. The molecule has 4 N–H and O–H groups in total. The molecule has 0 bridgehead atoms. The lowest BCUT2D eigenvalue weighted by molar-refractivity contribution is 0.102. The molecule has 1 aromatic carbocycles. The van der Waals surface area contributed by atoms with E-state index in [0.29, 0.717) is 5.16 Å². The van der Waals surface area contributed by atoms with E-state index in [9.17, 15) is 14.0 Å². The number of carbonyl (C=O) groups is 1. The minimum atomic E-state index is -0.753. The van der Waals surface area contributed by atoms with E-state index in [2.05, 4.69) is 20.2 Å². The van der Waals surface area contributed by atoms with Crippen LogP contribution in [-0.2, 0) is 0 Å². The Bertz CT molecular complexity index is 851. The molecule has 1 amide bonds. The van der Waals surface area contributed by atoms with Gasteiger partial charge in [-0.25, -0.2) is 9.37 Å². The van der Waals surface area contributed by atoms with E-state index in [4.69, 9.17) is 5.73 Å². The molecule has 0 aliphatic carbocycles. The van der Waals surface area contributed by atoms with Gasteiger partial charge in [0.05, 0.1) is 5.56 Å². The number of halogens is 1. The third kappa shape index (κ3) is 4.41. The third-order valence-corrected chi connectivity index (χ3v) is 4.98. The van der Waals surface area contributed by atoms with E-state index in [1.807, 2.05) is 0 Å². The molecular weight excluding hydrogens is 357 g/mol. The number of nitrogens with one attached hydrogen (secondary N) is 2. The molecule has 7 nitrogen and oxygen atoms in total. The van der Waals surface area contributed by atoms with Gasteiger partial charge >= 0.3 is 0 Å². The van der Waals surface area contributed by atoms with Crippen LogP contribution in [0.2, 0.25) is 0 Å². The minimum absolute atomic E-state index is 0.0953. The van der Waals surface area contributed by atoms with E-state index >= 15 is 0 Å². The van der Waals surface area contributed by atoms with Crippen molar-refractivity contribution >= 4 is 29.2 Å². The Labute approximate surface area is 154 Å². The second kappa shape index (κ2) is 8.33. The fourth-order valence-electron chi connectivity index (χ4n) is 2.76. The molecule has 0 radical (unpaired) electrons. The second-order valence-corrected chi connectivity index (χ2v) is 7.05. The molecule has 1 aliphatic rings. The first-order chi connectivity index (χ1) is 12.5. The Morgan fingerprint density at radius 1 is 1.35 bits per heavy atom. The van der Waals surface area contributed by atoms with Gasteiger partial charge in [-0.05, 0) is 38.1 Å². The van der Waals surface area contributed by atoms with Crippen molar-refractivity contribution in [2.45, 2.75) is 18.0 Å². The maximum Gasteiger partial charge on any atom is 0.277 e. The van der Waals surface area contributed by atoms with Gasteiger partial charge in [-0.2, -0.15) is 0 Å². The molecule has 26 heavy (non-hydrogen) atoms. The monoisotopic (exact) mass is 377 g/mol. The highest BCUT2D eigenvalue weighted by Gasteiger charge is 2.17. The topological polar surface area (TPSA) is 104 Å². The van der Waals surface area contributed by atoms with Crippen molar-refractivity contribution in [3.05, 3.63) is 46.0 Å². The zero-order chi connectivity index (χ0) is 18.5. The fraction of sp³-hybridized carbons (Fsp3) is 0.353. The summed E-state index contributed by atoms with van der Waals surface area (Å²) in [6.07, 6.45) is 2.45. The molecule has 1 aromatic heterocycles. The summed E-state index contributed by atoms with van der Waals surface area (Å²) in [7, 11) is 0. The number of thioether (sulfide) groups is 1. The number of nitrogens with two attached hydrogens (primary N) is 1. The highest BCUT2D eigenvalue weighted by Crippen LogP contribution is 2.18. The number of amides is 1. The van der Waals surface area contributed by atoms with E-state index < -0.39 is 17.3 Å². The van der Waals surface area contributed by atoms with Gasteiger partial charge in [0.15, 0.2) is 11.0 Å². The summed E-state index contributed by atoms with van der Waals surface area (Å²) in [5.74, 6) is -0.746. The molecule has 3 rings (SSSR count). The summed E-state index contributed by atoms with van der Waals surface area (Å²) < 4.78 is 13.7. The van der Waals surface area contributed by atoms with Crippen molar-refractivity contribution in [2.75, 3.05) is 36.4 Å². The number of rotatable bonds is 6. The van der Waals surface area contributed by atoms with Crippen LogP contribution in [0.25, 0.3) is 0 Å². The summed E-state index contributed by atoms with van der Waals surface area (Å²) in [6.45, 7) is 3.13. The SMILES string of the molecule is Nc1nc(SCCN2CCCC2)[nH]c(=O)c1NC(=O)c1ccccc1F. The number of anilines is 2. The zero-order valence-corrected chi connectivity index (χ0v) is 14.9. The number of hydrogen-bond donors (Lipinski definition) is 3. The number of carbonyl (C=O) groups excluding carboxylic acids is 1. The first-order valence-corrected chi connectivity index (χ1v) is 9.34. The van der Waals surface area contributed by atoms with Crippen molar-refractivity contribution in [1.29, 1.82) is 0 Å². The van der Waals surface area contributed by atoms with Crippen molar-refractivity contribution in [1.82, 2.24) is 14.9 Å². The Hall–Kier alpha value is -2.39. The molecule has 0 spiro atoms. The van der Waals surface area contributed by atoms with Gasteiger partial charge < -0.3 is 16.0 Å². The molecule has 1 saturated heterocycles. The first-order valence-electron chi connectivity index (χ1n) is 8.35. The molecule has 0 atom stereocenters. The molecule has 9 heteroatoms. The number of aromatic nitrogens is 2. The highest BCUT2D eigenvalue weighted by molar-refractivity contribution is 7.99. The van der Waals surface area contributed by atoms with Crippen LogP contribution in [0.3, 0.4) is 0 Å². The summed E-state index contributed by atoms with van der Waals surface area (Å²) in [6, 6.07) is 5.50. The lowest BCUT2D eigenvalue weighted by Crippen LogP contribution is -2.24. The third-order valence-electron chi connectivity index (χ3n) is 4.13. The van der Waals surface area contributed by atoms with Crippen LogP contribution in [0.4, 0.5) is 15.9 Å². The standard InChI is InChI=1S/C17H20FN5O2S/c18-12-6-2-1-5-11(12)15(24)20-13-14(19)21-17(22-16(13)25)26-10-9-23-7-3-4-8-23/h1-2,5-6H,3-4,7-10H2,(H,20,24)(H3,19,21,22,25). The number of nitrogens with zero attached hydrogens (tertiary/aromatic N) is 2. The average molecular weight is 377 g/mol. The lowest BCUT2D eigenvalue weighted by Gasteiger charge is -2.13. The average Bonchev–Trinajstić information content (AvgIpc) is 3.12. The highest BCUT2D eigenvalue weighted by atomic mass is 32.2. The van der Waals surface area contributed by atoms with Gasteiger partial charge in [0.1, 0.15) is 11.5 Å². The summed E-state index contributed by atoms with van der Waals surface area (Å²) in [5, 5.41) is 2.73. The predicted octanol–water partition coefficient (Wildman–Crippen LogP) is 1.93. The van der Waals surface area contributed by atoms with E-state index in [0.717, 1.165) is 25.4 Å². The Balaban J connectivity index is 1.66. The molecule has 1 aliphatic heterocycles. The maximum atomic E-state index is 13.7. The number of benzene rings is 1. The Kier molecular flexibility index (Phi) is 5.89. The van der Waals surface area contributed by atoms with Crippen LogP contribution in [0.15, 0.2) is 34.2 Å². The van der Waals surface area contributed by atoms with Crippen LogP contribution in [0.5, 0.6) is 0 Å². The quantitative estimate of drug-likeness (QED) is 0.525. The van der Waals surface area contributed by atoms with Gasteiger partial charge in [0.2, 0.25) is 0 Å². The summed E-state index contributed by atoms with van der Waals surface area (Å²) in [4.78, 5) is 33.5. The van der Waals surface area contributed by atoms with Crippen molar-refractivity contribution in [3.8, 4) is 0 Å². The fourth-order valence-corrected chi connectivity index (χ4v) is 3.63. The van der Waals surface area contributed by atoms with Gasteiger partial charge in [-0.3, -0.25) is 14.6 Å². The maximum absolute atomic E-state index is 13.7. The van der Waals surface area contributed by atoms with Crippen molar-refractivity contribution in [3.63, 3.8) is 0 Å². The molecule has 0 unspecified atom stereocenters. The van der Waals surface area contributed by atoms with Crippen LogP contribution < -0.4 is 16.6 Å². The molecule has 2 heterocycles. The number of H-pyrrole nitrogens is 1. The number of likely N-dealkylation sites (tertiary alicyclic amines) is 1.